The van der Waals surface area contributed by atoms with Crippen molar-refractivity contribution in [2.45, 2.75) is 38.7 Å². The number of ether oxygens (including phenoxy) is 3. The monoisotopic (exact) mass is 599 g/mol. The zero-order chi connectivity index (χ0) is 30.2. The summed E-state index contributed by atoms with van der Waals surface area (Å²) >= 11 is 0. The van der Waals surface area contributed by atoms with E-state index in [0.717, 1.165) is 16.0 Å². The second-order valence-electron chi connectivity index (χ2n) is 8.94. The van der Waals surface area contributed by atoms with Crippen molar-refractivity contribution in [3.05, 3.63) is 108 Å². The fraction of sp³-hybridized carbons (Fsp3) is 0.233. The van der Waals surface area contributed by atoms with Crippen LogP contribution in [-0.4, -0.2) is 82.4 Å². The number of hydrogen-bond acceptors (Lipinski definition) is 7. The molecule has 0 heterocycles. The van der Waals surface area contributed by atoms with Crippen LogP contribution in [0.4, 0.5) is 14.4 Å². The van der Waals surface area contributed by atoms with E-state index in [4.69, 9.17) is 19.9 Å². The van der Waals surface area contributed by atoms with Crippen molar-refractivity contribution in [3.63, 3.8) is 0 Å². The Hall–Kier alpha value is -4.39. The molecule has 0 aliphatic rings. The minimum Gasteiger partial charge on any atom is -0.480 e. The van der Waals surface area contributed by atoms with E-state index in [9.17, 15) is 24.3 Å². The summed E-state index contributed by atoms with van der Waals surface area (Å²) in [5.41, 5.74) is 8.16. The smallest absolute Gasteiger partial charge is 0.437 e. The van der Waals surface area contributed by atoms with Gasteiger partial charge in [-0.25, -0.2) is 24.1 Å². The SMILES string of the molecule is N/C(=N\C(=O)OCc1ccccc1)N(CCC[C@H](NC(=O)OCc1ccccc1)C(=O)O)C(=O)OCc1ccccc1.[Na]. The molecule has 3 aromatic rings. The van der Waals surface area contributed by atoms with Crippen LogP contribution in [0.5, 0.6) is 0 Å². The quantitative estimate of drug-likeness (QED) is 0.120. The number of carboxylic acids is 1. The van der Waals surface area contributed by atoms with Crippen LogP contribution in [0, 0.1) is 0 Å². The third-order valence-electron chi connectivity index (χ3n) is 5.79. The number of carboxylic acid groups (broad SMARTS) is 1. The normalized spacial score (nSPS) is 11.3. The fourth-order valence-electron chi connectivity index (χ4n) is 3.62. The van der Waals surface area contributed by atoms with Crippen molar-refractivity contribution in [3.8, 4) is 0 Å². The van der Waals surface area contributed by atoms with Gasteiger partial charge in [-0.2, -0.15) is 0 Å². The summed E-state index contributed by atoms with van der Waals surface area (Å²) in [7, 11) is 0. The number of nitrogens with two attached hydrogens (primary N) is 1. The van der Waals surface area contributed by atoms with Gasteiger partial charge in [0.25, 0.3) is 0 Å². The van der Waals surface area contributed by atoms with Crippen molar-refractivity contribution in [1.82, 2.24) is 10.2 Å². The Morgan fingerprint density at radius 2 is 1.23 bits per heavy atom. The fourth-order valence-corrected chi connectivity index (χ4v) is 3.62. The van der Waals surface area contributed by atoms with Crippen LogP contribution < -0.4 is 11.1 Å². The molecule has 221 valence electrons. The number of amides is 3. The van der Waals surface area contributed by atoms with Crippen LogP contribution in [0.15, 0.2) is 96.0 Å². The average Bonchev–Trinajstić information content (AvgIpc) is 3.00. The maximum absolute atomic E-state index is 12.9. The number of nitrogens with zero attached hydrogens (tertiary/aromatic N) is 2. The van der Waals surface area contributed by atoms with Gasteiger partial charge in [-0.3, -0.25) is 0 Å². The summed E-state index contributed by atoms with van der Waals surface area (Å²) < 4.78 is 15.5. The number of benzene rings is 3. The van der Waals surface area contributed by atoms with E-state index in [1.54, 1.807) is 72.8 Å². The first-order chi connectivity index (χ1) is 20.3. The van der Waals surface area contributed by atoms with Gasteiger partial charge in [0.1, 0.15) is 25.9 Å². The summed E-state index contributed by atoms with van der Waals surface area (Å²) in [6.45, 7) is -0.331. The van der Waals surface area contributed by atoms with Crippen molar-refractivity contribution in [2.24, 2.45) is 10.7 Å². The molecule has 0 bridgehead atoms. The van der Waals surface area contributed by atoms with E-state index in [1.165, 1.54) is 0 Å². The minimum absolute atomic E-state index is 0. The summed E-state index contributed by atoms with van der Waals surface area (Å²) in [4.78, 5) is 53.7. The number of hydrogen-bond donors (Lipinski definition) is 3. The molecular weight excluding hydrogens is 567 g/mol. The minimum atomic E-state index is -1.32. The summed E-state index contributed by atoms with van der Waals surface area (Å²) in [5.74, 6) is -1.79. The van der Waals surface area contributed by atoms with Gasteiger partial charge in [0.15, 0.2) is 0 Å². The maximum Gasteiger partial charge on any atom is 0.437 e. The number of alkyl carbamates (subject to hydrolysis) is 1. The second kappa shape index (κ2) is 18.9. The molecule has 0 spiro atoms. The first-order valence-corrected chi connectivity index (χ1v) is 13.0. The predicted molar refractivity (Wildman–Crippen MR) is 158 cm³/mol. The summed E-state index contributed by atoms with van der Waals surface area (Å²) in [5, 5.41) is 11.9. The average molecular weight is 600 g/mol. The summed E-state index contributed by atoms with van der Waals surface area (Å²) in [6.07, 6.45) is -2.88. The van der Waals surface area contributed by atoms with Gasteiger partial charge in [0.2, 0.25) is 5.96 Å². The third-order valence-corrected chi connectivity index (χ3v) is 5.79. The van der Waals surface area contributed by atoms with Crippen LogP contribution in [-0.2, 0) is 38.8 Å². The third kappa shape index (κ3) is 13.0. The molecule has 3 amide bonds. The van der Waals surface area contributed by atoms with Gasteiger partial charge in [0.05, 0.1) is 0 Å². The van der Waals surface area contributed by atoms with Crippen LogP contribution in [0.1, 0.15) is 29.5 Å². The molecular formula is C30H32N4NaO8. The topological polar surface area (TPSA) is 170 Å². The molecule has 0 fully saturated rings. The number of aliphatic carboxylic acids is 1. The van der Waals surface area contributed by atoms with E-state index in [-0.39, 0.29) is 68.8 Å². The molecule has 13 heteroatoms. The molecule has 1 radical (unpaired) electrons. The van der Waals surface area contributed by atoms with Gasteiger partial charge in [-0.05, 0) is 29.5 Å². The Bertz CT molecular complexity index is 1340. The van der Waals surface area contributed by atoms with E-state index in [2.05, 4.69) is 10.3 Å². The molecule has 1 atom stereocenters. The van der Waals surface area contributed by atoms with Gasteiger partial charge < -0.3 is 30.4 Å². The molecule has 43 heavy (non-hydrogen) atoms. The Labute approximate surface area is 271 Å². The Morgan fingerprint density at radius 1 is 0.767 bits per heavy atom. The van der Waals surface area contributed by atoms with Gasteiger partial charge in [0, 0.05) is 36.1 Å². The van der Waals surface area contributed by atoms with Gasteiger partial charge >= 0.3 is 24.2 Å². The van der Waals surface area contributed by atoms with Crippen molar-refractivity contribution in [2.75, 3.05) is 6.54 Å². The van der Waals surface area contributed by atoms with Crippen LogP contribution in [0.25, 0.3) is 0 Å². The number of rotatable bonds is 12. The Balaban J connectivity index is 0.00000645. The van der Waals surface area contributed by atoms with E-state index >= 15 is 0 Å². The zero-order valence-electron chi connectivity index (χ0n) is 23.8. The van der Waals surface area contributed by atoms with Crippen LogP contribution in [0.2, 0.25) is 0 Å². The Morgan fingerprint density at radius 3 is 1.72 bits per heavy atom. The molecule has 3 rings (SSSR count). The molecule has 0 unspecified atom stereocenters. The van der Waals surface area contributed by atoms with Crippen LogP contribution in [0.3, 0.4) is 0 Å². The van der Waals surface area contributed by atoms with Crippen LogP contribution >= 0.6 is 0 Å². The van der Waals surface area contributed by atoms with Crippen molar-refractivity contribution in [1.29, 1.82) is 0 Å². The van der Waals surface area contributed by atoms with E-state index in [1.807, 2.05) is 18.2 Å². The molecule has 0 aliphatic carbocycles. The molecule has 4 N–H and O–H groups in total. The predicted octanol–water partition coefficient (Wildman–Crippen LogP) is 4.06. The van der Waals surface area contributed by atoms with E-state index in [0.29, 0.717) is 5.56 Å². The van der Waals surface area contributed by atoms with E-state index < -0.39 is 36.3 Å². The first kappa shape index (κ1) is 34.8. The second-order valence-corrected chi connectivity index (χ2v) is 8.94. The number of nitrogens with one attached hydrogen (secondary N) is 1. The number of guanidine groups is 1. The first-order valence-electron chi connectivity index (χ1n) is 13.0. The largest absolute Gasteiger partial charge is 0.480 e. The molecule has 0 aliphatic heterocycles. The number of carbonyl (C=O) groups excluding carboxylic acids is 3. The Kier molecular flexibility index (Phi) is 15.3. The molecule has 0 saturated carbocycles. The standard InChI is InChI=1S/C30H32N4O8.Na/c31-27(33-29(38)41-20-23-13-6-2-7-14-23)34(30(39)42-21-24-15-8-3-9-16-24)18-10-17-25(26(35)36)32-28(37)40-19-22-11-4-1-5-12-22;/h1-9,11-16,25H,10,17-21H2,(H,32,37)(H,35,36)(H2,31,33,38);/t25-;/m0./s1. The molecule has 3 aromatic carbocycles. The zero-order valence-corrected chi connectivity index (χ0v) is 25.8. The number of aliphatic imine (C=N–C) groups is 1. The molecule has 0 aromatic heterocycles. The van der Waals surface area contributed by atoms with Crippen molar-refractivity contribution >= 4 is 59.8 Å². The van der Waals surface area contributed by atoms with Crippen molar-refractivity contribution < 1.29 is 38.5 Å². The van der Waals surface area contributed by atoms with Gasteiger partial charge in [-0.15, -0.1) is 4.99 Å². The molecule has 12 nitrogen and oxygen atoms in total. The van der Waals surface area contributed by atoms with Gasteiger partial charge in [-0.1, -0.05) is 91.0 Å². The molecule has 0 saturated heterocycles. The summed E-state index contributed by atoms with van der Waals surface area (Å²) in [6, 6.07) is 25.4. The number of carbonyl (C=O) groups is 4. The maximum atomic E-state index is 12.9.